The van der Waals surface area contributed by atoms with Crippen molar-refractivity contribution in [2.45, 2.75) is 59.1 Å². The van der Waals surface area contributed by atoms with Gasteiger partial charge in [0.1, 0.15) is 18.5 Å². The fraction of sp³-hybridized carbons (Fsp3) is 0.391. The molecule has 0 fully saturated rings. The largest absolute Gasteiger partial charge is 0.385 e. The zero-order valence-corrected chi connectivity index (χ0v) is 17.2. The Labute approximate surface area is 166 Å². The van der Waals surface area contributed by atoms with Gasteiger partial charge in [0.2, 0.25) is 5.91 Å². The van der Waals surface area contributed by atoms with Gasteiger partial charge >= 0.3 is 0 Å². The number of benzene rings is 2. The molecule has 28 heavy (non-hydrogen) atoms. The molecule has 148 valence electrons. The first-order valence-electron chi connectivity index (χ1n) is 9.85. The SMILES string of the molecule is CC(C)c1cccc(C(C)C)c1NC(=O)Cn1c(C(C)O)nc2ccccc21. The fourth-order valence-electron chi connectivity index (χ4n) is 3.60. The van der Waals surface area contributed by atoms with Gasteiger partial charge in [0.25, 0.3) is 0 Å². The lowest BCUT2D eigenvalue weighted by molar-refractivity contribution is -0.116. The molecule has 1 heterocycles. The van der Waals surface area contributed by atoms with E-state index in [0.717, 1.165) is 27.8 Å². The van der Waals surface area contributed by atoms with Crippen LogP contribution in [0.2, 0.25) is 0 Å². The van der Waals surface area contributed by atoms with Crippen LogP contribution in [0.15, 0.2) is 42.5 Å². The Morgan fingerprint density at radius 2 is 1.61 bits per heavy atom. The maximum atomic E-state index is 13.0. The maximum absolute atomic E-state index is 13.0. The normalized spacial score (nSPS) is 12.7. The highest BCUT2D eigenvalue weighted by Crippen LogP contribution is 2.32. The summed E-state index contributed by atoms with van der Waals surface area (Å²) in [4.78, 5) is 17.5. The van der Waals surface area contributed by atoms with E-state index in [1.54, 1.807) is 11.5 Å². The van der Waals surface area contributed by atoms with Crippen LogP contribution in [0.1, 0.15) is 69.5 Å². The molecule has 0 spiro atoms. The Hall–Kier alpha value is -2.66. The number of carbonyl (C=O) groups excluding carboxylic acids is 1. The maximum Gasteiger partial charge on any atom is 0.244 e. The average Bonchev–Trinajstić information content (AvgIpc) is 3.00. The first-order chi connectivity index (χ1) is 13.3. The monoisotopic (exact) mass is 379 g/mol. The molecule has 2 N–H and O–H groups in total. The highest BCUT2D eigenvalue weighted by Gasteiger charge is 2.19. The average molecular weight is 380 g/mol. The lowest BCUT2D eigenvalue weighted by atomic mass is 9.92. The predicted octanol–water partition coefficient (Wildman–Crippen LogP) is 4.98. The Bertz CT molecular complexity index is 960. The van der Waals surface area contributed by atoms with Crippen molar-refractivity contribution in [2.75, 3.05) is 5.32 Å². The van der Waals surface area contributed by atoms with E-state index in [1.165, 1.54) is 0 Å². The molecular formula is C23H29N3O2. The second kappa shape index (κ2) is 8.15. The summed E-state index contributed by atoms with van der Waals surface area (Å²) < 4.78 is 1.79. The van der Waals surface area contributed by atoms with Gasteiger partial charge in [-0.1, -0.05) is 58.0 Å². The molecule has 5 nitrogen and oxygen atoms in total. The first kappa shape index (κ1) is 20.1. The van der Waals surface area contributed by atoms with Crippen LogP contribution < -0.4 is 5.32 Å². The number of nitrogens with one attached hydrogen (secondary N) is 1. The van der Waals surface area contributed by atoms with Gasteiger partial charge in [-0.25, -0.2) is 4.98 Å². The molecule has 0 aliphatic carbocycles. The number of fused-ring (bicyclic) bond motifs is 1. The van der Waals surface area contributed by atoms with Crippen molar-refractivity contribution in [3.63, 3.8) is 0 Å². The van der Waals surface area contributed by atoms with E-state index < -0.39 is 6.10 Å². The molecule has 5 heteroatoms. The third kappa shape index (κ3) is 3.94. The van der Waals surface area contributed by atoms with Crippen LogP contribution in [0, 0.1) is 0 Å². The topological polar surface area (TPSA) is 67.2 Å². The number of hydrogen-bond acceptors (Lipinski definition) is 3. The Morgan fingerprint density at radius 1 is 1.00 bits per heavy atom. The summed E-state index contributed by atoms with van der Waals surface area (Å²) in [6.45, 7) is 10.3. The van der Waals surface area contributed by atoms with Gasteiger partial charge in [0.05, 0.1) is 11.0 Å². The van der Waals surface area contributed by atoms with Crippen molar-refractivity contribution in [1.82, 2.24) is 9.55 Å². The summed E-state index contributed by atoms with van der Waals surface area (Å²) >= 11 is 0. The van der Waals surface area contributed by atoms with E-state index >= 15 is 0 Å². The quantitative estimate of drug-likeness (QED) is 0.635. The number of amides is 1. The smallest absolute Gasteiger partial charge is 0.244 e. The molecule has 0 radical (unpaired) electrons. The molecule has 1 amide bonds. The number of carbonyl (C=O) groups is 1. The van der Waals surface area contributed by atoms with Crippen LogP contribution in [-0.2, 0) is 11.3 Å². The molecule has 1 atom stereocenters. The van der Waals surface area contributed by atoms with Gasteiger partial charge in [-0.15, -0.1) is 0 Å². The van der Waals surface area contributed by atoms with Gasteiger partial charge in [0.15, 0.2) is 0 Å². The number of para-hydroxylation sites is 3. The van der Waals surface area contributed by atoms with Crippen LogP contribution in [-0.4, -0.2) is 20.6 Å². The molecule has 3 aromatic rings. The summed E-state index contributed by atoms with van der Waals surface area (Å²) in [6, 6.07) is 13.8. The second-order valence-electron chi connectivity index (χ2n) is 7.89. The summed E-state index contributed by atoms with van der Waals surface area (Å²) in [6.07, 6.45) is -0.755. The van der Waals surface area contributed by atoms with E-state index in [9.17, 15) is 9.90 Å². The Balaban J connectivity index is 1.96. The van der Waals surface area contributed by atoms with Gasteiger partial charge in [-0.2, -0.15) is 0 Å². The summed E-state index contributed by atoms with van der Waals surface area (Å²) in [5, 5.41) is 13.3. The van der Waals surface area contributed by atoms with Crippen LogP contribution in [0.5, 0.6) is 0 Å². The second-order valence-corrected chi connectivity index (χ2v) is 7.89. The molecule has 0 saturated carbocycles. The molecule has 1 unspecified atom stereocenters. The number of aromatic nitrogens is 2. The van der Waals surface area contributed by atoms with Crippen LogP contribution in [0.25, 0.3) is 11.0 Å². The number of rotatable bonds is 6. The molecule has 0 bridgehead atoms. The first-order valence-corrected chi connectivity index (χ1v) is 9.85. The lowest BCUT2D eigenvalue weighted by Gasteiger charge is -2.20. The van der Waals surface area contributed by atoms with E-state index in [0.29, 0.717) is 17.7 Å². The van der Waals surface area contributed by atoms with Crippen LogP contribution in [0.4, 0.5) is 5.69 Å². The molecule has 0 aliphatic rings. The van der Waals surface area contributed by atoms with Crippen LogP contribution in [0.3, 0.4) is 0 Å². The summed E-state index contributed by atoms with van der Waals surface area (Å²) in [5.74, 6) is 0.977. The number of hydrogen-bond donors (Lipinski definition) is 2. The minimum atomic E-state index is -0.755. The zero-order chi connectivity index (χ0) is 20.4. The van der Waals surface area contributed by atoms with Gasteiger partial charge in [-0.05, 0) is 42.0 Å². The summed E-state index contributed by atoms with van der Waals surface area (Å²) in [5.41, 5.74) is 4.78. The molecule has 1 aromatic heterocycles. The highest BCUT2D eigenvalue weighted by atomic mass is 16.3. The molecule has 2 aromatic carbocycles. The number of aliphatic hydroxyl groups excluding tert-OH is 1. The number of imidazole rings is 1. The van der Waals surface area contributed by atoms with Crippen molar-refractivity contribution in [3.05, 3.63) is 59.4 Å². The predicted molar refractivity (Wildman–Crippen MR) is 114 cm³/mol. The van der Waals surface area contributed by atoms with Gasteiger partial charge in [-0.3, -0.25) is 4.79 Å². The number of aliphatic hydroxyl groups is 1. The molecule has 0 saturated heterocycles. The third-order valence-corrected chi connectivity index (χ3v) is 5.00. The van der Waals surface area contributed by atoms with Crippen molar-refractivity contribution in [3.8, 4) is 0 Å². The van der Waals surface area contributed by atoms with E-state index in [1.807, 2.05) is 24.3 Å². The van der Waals surface area contributed by atoms with Crippen molar-refractivity contribution in [2.24, 2.45) is 0 Å². The molecule has 0 aliphatic heterocycles. The summed E-state index contributed by atoms with van der Waals surface area (Å²) in [7, 11) is 0. The Morgan fingerprint density at radius 3 is 2.18 bits per heavy atom. The number of nitrogens with zero attached hydrogens (tertiary/aromatic N) is 2. The van der Waals surface area contributed by atoms with Crippen LogP contribution >= 0.6 is 0 Å². The van der Waals surface area contributed by atoms with Gasteiger partial charge < -0.3 is 15.0 Å². The highest BCUT2D eigenvalue weighted by molar-refractivity contribution is 5.93. The van der Waals surface area contributed by atoms with Crippen molar-refractivity contribution >= 4 is 22.6 Å². The van der Waals surface area contributed by atoms with E-state index in [4.69, 9.17) is 0 Å². The van der Waals surface area contributed by atoms with E-state index in [2.05, 4.69) is 56.2 Å². The zero-order valence-electron chi connectivity index (χ0n) is 17.2. The third-order valence-electron chi connectivity index (χ3n) is 5.00. The lowest BCUT2D eigenvalue weighted by Crippen LogP contribution is -2.22. The van der Waals surface area contributed by atoms with Gasteiger partial charge in [0, 0.05) is 5.69 Å². The molecule has 3 rings (SSSR count). The standard InChI is InChI=1S/C23H29N3O2/c1-14(2)17-9-8-10-18(15(3)4)22(17)25-21(28)13-26-20-12-7-6-11-19(20)24-23(26)16(5)27/h6-12,14-16,27H,13H2,1-5H3,(H,25,28). The Kier molecular flexibility index (Phi) is 5.84. The number of anilines is 1. The minimum Gasteiger partial charge on any atom is -0.385 e. The van der Waals surface area contributed by atoms with Crippen molar-refractivity contribution < 1.29 is 9.90 Å². The minimum absolute atomic E-state index is 0.102. The molecular weight excluding hydrogens is 350 g/mol. The fourth-order valence-corrected chi connectivity index (χ4v) is 3.60. The van der Waals surface area contributed by atoms with E-state index in [-0.39, 0.29) is 12.5 Å². The van der Waals surface area contributed by atoms with Crippen molar-refractivity contribution in [1.29, 1.82) is 0 Å².